The van der Waals surface area contributed by atoms with Crippen LogP contribution in [0.15, 0.2) is 48.7 Å². The summed E-state index contributed by atoms with van der Waals surface area (Å²) in [5, 5.41) is 10.2. The van der Waals surface area contributed by atoms with E-state index in [1.165, 1.54) is 0 Å². The largest absolute Gasteiger partial charge is 0.496 e. The summed E-state index contributed by atoms with van der Waals surface area (Å²) in [6.45, 7) is 0. The molecule has 0 fully saturated rings. The van der Waals surface area contributed by atoms with Crippen LogP contribution in [0.3, 0.4) is 0 Å². The number of aliphatic hydroxyl groups excluding tert-OH is 1. The molecule has 1 N–H and O–H groups in total. The molecule has 3 heteroatoms. The molecular weight excluding hydrogens is 202 g/mol. The molecule has 0 aliphatic rings. The van der Waals surface area contributed by atoms with Gasteiger partial charge in [-0.25, -0.2) is 0 Å². The van der Waals surface area contributed by atoms with Crippen LogP contribution in [0, 0.1) is 0 Å². The molecule has 1 atom stereocenters. The Balaban J connectivity index is 2.37. The van der Waals surface area contributed by atoms with E-state index in [0.717, 1.165) is 5.56 Å². The normalized spacial score (nSPS) is 12.1. The fourth-order valence-corrected chi connectivity index (χ4v) is 1.59. The maximum atomic E-state index is 10.2. The van der Waals surface area contributed by atoms with E-state index in [1.807, 2.05) is 36.4 Å². The first-order chi connectivity index (χ1) is 7.83. The van der Waals surface area contributed by atoms with Crippen LogP contribution < -0.4 is 4.74 Å². The van der Waals surface area contributed by atoms with Crippen LogP contribution >= 0.6 is 0 Å². The molecule has 0 amide bonds. The maximum absolute atomic E-state index is 10.2. The van der Waals surface area contributed by atoms with Gasteiger partial charge in [0.2, 0.25) is 0 Å². The van der Waals surface area contributed by atoms with Gasteiger partial charge in [0.15, 0.2) is 0 Å². The summed E-state index contributed by atoms with van der Waals surface area (Å²) in [6, 6.07) is 12.8. The molecule has 0 saturated carbocycles. The van der Waals surface area contributed by atoms with Crippen molar-refractivity contribution in [3.05, 3.63) is 59.9 Å². The van der Waals surface area contributed by atoms with E-state index in [0.29, 0.717) is 11.4 Å². The molecule has 0 aliphatic carbocycles. The van der Waals surface area contributed by atoms with Crippen molar-refractivity contribution in [2.45, 2.75) is 6.10 Å². The number of benzene rings is 1. The van der Waals surface area contributed by atoms with Gasteiger partial charge in [0.1, 0.15) is 11.9 Å². The lowest BCUT2D eigenvalue weighted by molar-refractivity contribution is 0.210. The number of rotatable bonds is 3. The van der Waals surface area contributed by atoms with E-state index < -0.39 is 6.10 Å². The Kier molecular flexibility index (Phi) is 3.17. The van der Waals surface area contributed by atoms with Gasteiger partial charge in [-0.1, -0.05) is 24.3 Å². The van der Waals surface area contributed by atoms with Gasteiger partial charge in [-0.05, 0) is 18.2 Å². The summed E-state index contributed by atoms with van der Waals surface area (Å²) in [7, 11) is 1.59. The number of ether oxygens (including phenoxy) is 1. The molecule has 0 spiro atoms. The van der Waals surface area contributed by atoms with Crippen LogP contribution in [0.5, 0.6) is 5.75 Å². The summed E-state index contributed by atoms with van der Waals surface area (Å²) in [4.78, 5) is 4.12. The minimum atomic E-state index is -0.752. The van der Waals surface area contributed by atoms with Gasteiger partial charge in [-0.3, -0.25) is 4.98 Å². The van der Waals surface area contributed by atoms with Crippen molar-refractivity contribution in [2.24, 2.45) is 0 Å². The van der Waals surface area contributed by atoms with E-state index in [2.05, 4.69) is 4.98 Å². The highest BCUT2D eigenvalue weighted by Crippen LogP contribution is 2.28. The van der Waals surface area contributed by atoms with Crippen LogP contribution in [0.25, 0.3) is 0 Å². The third-order valence-electron chi connectivity index (χ3n) is 2.40. The van der Waals surface area contributed by atoms with Crippen molar-refractivity contribution in [2.75, 3.05) is 7.11 Å². The quantitative estimate of drug-likeness (QED) is 0.853. The number of pyridine rings is 1. The fraction of sp³-hybridized carbons (Fsp3) is 0.154. The van der Waals surface area contributed by atoms with Crippen LogP contribution in [-0.2, 0) is 0 Å². The summed E-state index contributed by atoms with van der Waals surface area (Å²) in [6.07, 6.45) is 0.908. The Hall–Kier alpha value is -1.87. The molecule has 16 heavy (non-hydrogen) atoms. The average Bonchev–Trinajstić information content (AvgIpc) is 2.39. The zero-order chi connectivity index (χ0) is 11.4. The second kappa shape index (κ2) is 4.77. The topological polar surface area (TPSA) is 42.4 Å². The molecule has 1 heterocycles. The zero-order valence-corrected chi connectivity index (χ0v) is 9.00. The number of nitrogens with zero attached hydrogens (tertiary/aromatic N) is 1. The number of aliphatic hydroxyl groups is 1. The van der Waals surface area contributed by atoms with Crippen molar-refractivity contribution in [3.8, 4) is 5.75 Å². The summed E-state index contributed by atoms with van der Waals surface area (Å²) >= 11 is 0. The first kappa shape index (κ1) is 10.6. The van der Waals surface area contributed by atoms with Crippen molar-refractivity contribution >= 4 is 0 Å². The SMILES string of the molecule is COc1ccccc1C(O)c1ccccn1. The standard InChI is InChI=1S/C13H13NO2/c1-16-12-8-3-2-6-10(12)13(15)11-7-4-5-9-14-11/h2-9,13,15H,1H3. The van der Waals surface area contributed by atoms with Gasteiger partial charge >= 0.3 is 0 Å². The number of aromatic nitrogens is 1. The van der Waals surface area contributed by atoms with Crippen LogP contribution in [-0.4, -0.2) is 17.2 Å². The molecule has 0 bridgehead atoms. The first-order valence-electron chi connectivity index (χ1n) is 5.05. The van der Waals surface area contributed by atoms with E-state index in [1.54, 1.807) is 19.4 Å². The minimum Gasteiger partial charge on any atom is -0.496 e. The summed E-state index contributed by atoms with van der Waals surface area (Å²) in [5.74, 6) is 0.667. The monoisotopic (exact) mass is 215 g/mol. The molecule has 2 aromatic rings. The van der Waals surface area contributed by atoms with Crippen molar-refractivity contribution in [1.29, 1.82) is 0 Å². The van der Waals surface area contributed by atoms with Gasteiger partial charge in [0.25, 0.3) is 0 Å². The lowest BCUT2D eigenvalue weighted by atomic mass is 10.1. The minimum absolute atomic E-state index is 0.618. The Bertz CT molecular complexity index is 456. The van der Waals surface area contributed by atoms with Gasteiger partial charge in [0, 0.05) is 11.8 Å². The average molecular weight is 215 g/mol. The van der Waals surface area contributed by atoms with E-state index in [-0.39, 0.29) is 0 Å². The number of methoxy groups -OCH3 is 1. The Morgan fingerprint density at radius 1 is 1.12 bits per heavy atom. The van der Waals surface area contributed by atoms with E-state index in [9.17, 15) is 5.11 Å². The lowest BCUT2D eigenvalue weighted by Gasteiger charge is -2.13. The highest BCUT2D eigenvalue weighted by atomic mass is 16.5. The summed E-state index contributed by atoms with van der Waals surface area (Å²) in [5.41, 5.74) is 1.34. The number of para-hydroxylation sites is 1. The Morgan fingerprint density at radius 3 is 2.56 bits per heavy atom. The molecule has 2 rings (SSSR count). The Labute approximate surface area is 94.3 Å². The predicted octanol–water partition coefficient (Wildman–Crippen LogP) is 2.17. The third-order valence-corrected chi connectivity index (χ3v) is 2.40. The smallest absolute Gasteiger partial charge is 0.125 e. The highest BCUT2D eigenvalue weighted by molar-refractivity contribution is 5.38. The summed E-state index contributed by atoms with van der Waals surface area (Å²) < 4.78 is 5.20. The Morgan fingerprint density at radius 2 is 1.88 bits per heavy atom. The van der Waals surface area contributed by atoms with Crippen LogP contribution in [0.2, 0.25) is 0 Å². The van der Waals surface area contributed by atoms with Gasteiger partial charge in [-0.15, -0.1) is 0 Å². The zero-order valence-electron chi connectivity index (χ0n) is 9.00. The predicted molar refractivity (Wildman–Crippen MR) is 61.3 cm³/mol. The molecule has 1 aromatic carbocycles. The first-order valence-corrected chi connectivity index (χ1v) is 5.05. The van der Waals surface area contributed by atoms with Crippen molar-refractivity contribution < 1.29 is 9.84 Å². The molecule has 0 aliphatic heterocycles. The molecule has 1 aromatic heterocycles. The third kappa shape index (κ3) is 2.04. The molecule has 0 saturated heterocycles. The van der Waals surface area contributed by atoms with Gasteiger partial charge in [0.05, 0.1) is 12.8 Å². The molecule has 3 nitrogen and oxygen atoms in total. The molecule has 0 radical (unpaired) electrons. The van der Waals surface area contributed by atoms with Gasteiger partial charge < -0.3 is 9.84 Å². The van der Waals surface area contributed by atoms with E-state index >= 15 is 0 Å². The van der Waals surface area contributed by atoms with Crippen LogP contribution in [0.4, 0.5) is 0 Å². The lowest BCUT2D eigenvalue weighted by Crippen LogP contribution is -2.03. The van der Waals surface area contributed by atoms with Crippen molar-refractivity contribution in [3.63, 3.8) is 0 Å². The highest BCUT2D eigenvalue weighted by Gasteiger charge is 2.15. The second-order valence-corrected chi connectivity index (χ2v) is 3.40. The fourth-order valence-electron chi connectivity index (χ4n) is 1.59. The number of hydrogen-bond acceptors (Lipinski definition) is 3. The maximum Gasteiger partial charge on any atom is 0.125 e. The van der Waals surface area contributed by atoms with E-state index in [4.69, 9.17) is 4.74 Å². The number of hydrogen-bond donors (Lipinski definition) is 1. The van der Waals surface area contributed by atoms with Crippen LogP contribution in [0.1, 0.15) is 17.4 Å². The molecule has 1 unspecified atom stereocenters. The van der Waals surface area contributed by atoms with Crippen molar-refractivity contribution in [1.82, 2.24) is 4.98 Å². The molecular formula is C13H13NO2. The molecule has 82 valence electrons. The van der Waals surface area contributed by atoms with Gasteiger partial charge in [-0.2, -0.15) is 0 Å². The second-order valence-electron chi connectivity index (χ2n) is 3.40.